The highest BCUT2D eigenvalue weighted by Crippen LogP contribution is 2.23. The van der Waals surface area contributed by atoms with Crippen LogP contribution in [0.5, 0.6) is 5.75 Å². The van der Waals surface area contributed by atoms with Crippen molar-refractivity contribution in [3.05, 3.63) is 59.1 Å². The summed E-state index contributed by atoms with van der Waals surface area (Å²) in [4.78, 5) is 28.7. The van der Waals surface area contributed by atoms with Gasteiger partial charge in [0.1, 0.15) is 11.8 Å². The quantitative estimate of drug-likeness (QED) is 0.442. The molecule has 2 rings (SSSR count). The Labute approximate surface area is 194 Å². The Morgan fingerprint density at radius 1 is 1.16 bits per heavy atom. The highest BCUT2D eigenvalue weighted by atomic mass is 35.5. The van der Waals surface area contributed by atoms with Crippen LogP contribution in [0.3, 0.4) is 0 Å². The highest BCUT2D eigenvalue weighted by molar-refractivity contribution is 7.99. The molecule has 31 heavy (non-hydrogen) atoms. The topological polar surface area (TPSA) is 58.6 Å². The Kier molecular flexibility index (Phi) is 10.7. The number of methoxy groups -OCH3 is 1. The van der Waals surface area contributed by atoms with E-state index in [-0.39, 0.29) is 11.8 Å². The molecule has 1 unspecified atom stereocenters. The minimum Gasteiger partial charge on any atom is -0.497 e. The van der Waals surface area contributed by atoms with Gasteiger partial charge in [-0.15, -0.1) is 11.8 Å². The van der Waals surface area contributed by atoms with Crippen LogP contribution in [0.25, 0.3) is 0 Å². The second-order valence-corrected chi connectivity index (χ2v) is 8.75. The second-order valence-electron chi connectivity index (χ2n) is 7.14. The Hall–Kier alpha value is -2.18. The zero-order valence-electron chi connectivity index (χ0n) is 18.4. The molecule has 0 spiro atoms. The fraction of sp³-hybridized carbons (Fsp3) is 0.417. The molecule has 0 aliphatic heterocycles. The number of hydrogen-bond acceptors (Lipinski definition) is 4. The third-order valence-electron chi connectivity index (χ3n) is 4.82. The molecule has 1 N–H and O–H groups in total. The number of rotatable bonds is 12. The maximum Gasteiger partial charge on any atom is 0.242 e. The van der Waals surface area contributed by atoms with Gasteiger partial charge < -0.3 is 15.0 Å². The molecule has 0 aromatic heterocycles. The highest BCUT2D eigenvalue weighted by Gasteiger charge is 2.28. The van der Waals surface area contributed by atoms with E-state index in [0.717, 1.165) is 22.6 Å². The molecule has 0 aliphatic carbocycles. The fourth-order valence-corrected chi connectivity index (χ4v) is 4.15. The number of nitrogens with zero attached hydrogens (tertiary/aromatic N) is 1. The third kappa shape index (κ3) is 8.11. The first-order valence-electron chi connectivity index (χ1n) is 10.6. The monoisotopic (exact) mass is 462 g/mol. The van der Waals surface area contributed by atoms with Crippen molar-refractivity contribution >= 4 is 35.2 Å². The Morgan fingerprint density at radius 2 is 1.90 bits per heavy atom. The lowest BCUT2D eigenvalue weighted by molar-refractivity contribution is -0.141. The van der Waals surface area contributed by atoms with Crippen molar-refractivity contribution < 1.29 is 14.3 Å². The van der Waals surface area contributed by atoms with Crippen LogP contribution in [0.1, 0.15) is 38.7 Å². The van der Waals surface area contributed by atoms with E-state index in [2.05, 4.69) is 5.32 Å². The third-order valence-corrected chi connectivity index (χ3v) is 6.09. The lowest BCUT2D eigenvalue weighted by atomic mass is 10.1. The minimum absolute atomic E-state index is 0.0391. The summed E-state index contributed by atoms with van der Waals surface area (Å²) in [5.41, 5.74) is 0.930. The van der Waals surface area contributed by atoms with Gasteiger partial charge in [-0.1, -0.05) is 37.6 Å². The number of carbonyl (C=O) groups excluding carboxylic acids is 2. The van der Waals surface area contributed by atoms with Crippen molar-refractivity contribution in [1.82, 2.24) is 10.2 Å². The predicted molar refractivity (Wildman–Crippen MR) is 128 cm³/mol. The van der Waals surface area contributed by atoms with Crippen molar-refractivity contribution in [3.8, 4) is 5.75 Å². The van der Waals surface area contributed by atoms with Crippen LogP contribution < -0.4 is 10.1 Å². The van der Waals surface area contributed by atoms with Gasteiger partial charge in [-0.3, -0.25) is 9.59 Å². The van der Waals surface area contributed by atoms with Crippen molar-refractivity contribution in [2.24, 2.45) is 0 Å². The summed E-state index contributed by atoms with van der Waals surface area (Å²) in [7, 11) is 1.61. The summed E-state index contributed by atoms with van der Waals surface area (Å²) < 4.78 is 5.31. The summed E-state index contributed by atoms with van der Waals surface area (Å²) in [6, 6.07) is 14.7. The molecule has 0 bridgehead atoms. The van der Waals surface area contributed by atoms with E-state index in [1.165, 1.54) is 0 Å². The van der Waals surface area contributed by atoms with Gasteiger partial charge in [-0.05, 0) is 54.8 Å². The zero-order chi connectivity index (χ0) is 22.6. The number of carbonyl (C=O) groups is 2. The number of ether oxygens (including phenoxy) is 1. The first kappa shape index (κ1) is 25.1. The summed E-state index contributed by atoms with van der Waals surface area (Å²) in [5, 5.41) is 3.63. The number of hydrogen-bond donors (Lipinski definition) is 1. The smallest absolute Gasteiger partial charge is 0.242 e. The normalized spacial score (nSPS) is 11.6. The lowest BCUT2D eigenvalue weighted by Gasteiger charge is -2.30. The predicted octanol–water partition coefficient (Wildman–Crippen LogP) is 5.16. The Balaban J connectivity index is 2.12. The van der Waals surface area contributed by atoms with Gasteiger partial charge in [0.05, 0.1) is 7.11 Å². The summed E-state index contributed by atoms with van der Waals surface area (Å²) in [6.45, 7) is 4.90. The second kappa shape index (κ2) is 13.3. The van der Waals surface area contributed by atoms with Gasteiger partial charge in [0.15, 0.2) is 0 Å². The van der Waals surface area contributed by atoms with Crippen LogP contribution in [0.4, 0.5) is 0 Å². The van der Waals surface area contributed by atoms with Gasteiger partial charge in [0.25, 0.3) is 0 Å². The molecule has 1 atom stereocenters. The zero-order valence-corrected chi connectivity index (χ0v) is 20.0. The van der Waals surface area contributed by atoms with Crippen LogP contribution in [0.2, 0.25) is 5.02 Å². The van der Waals surface area contributed by atoms with Gasteiger partial charge in [0.2, 0.25) is 11.8 Å². The van der Waals surface area contributed by atoms with Crippen LogP contribution >= 0.6 is 23.4 Å². The van der Waals surface area contributed by atoms with Gasteiger partial charge >= 0.3 is 0 Å². The molecular formula is C24H31ClN2O3S. The number of halogens is 1. The molecular weight excluding hydrogens is 432 g/mol. The van der Waals surface area contributed by atoms with Gasteiger partial charge in [-0.25, -0.2) is 0 Å². The van der Waals surface area contributed by atoms with E-state index >= 15 is 0 Å². The molecule has 0 heterocycles. The summed E-state index contributed by atoms with van der Waals surface area (Å²) >= 11 is 7.54. The van der Waals surface area contributed by atoms with E-state index in [9.17, 15) is 9.59 Å². The van der Waals surface area contributed by atoms with Crippen LogP contribution in [0, 0.1) is 0 Å². The molecule has 7 heteroatoms. The first-order valence-corrected chi connectivity index (χ1v) is 11.9. The molecule has 2 amide bonds. The van der Waals surface area contributed by atoms with E-state index in [0.29, 0.717) is 36.7 Å². The van der Waals surface area contributed by atoms with Crippen molar-refractivity contribution in [3.63, 3.8) is 0 Å². The minimum atomic E-state index is -0.509. The first-order chi connectivity index (χ1) is 15.0. The standard InChI is InChI=1S/C24H31ClN2O3S/c1-4-14-26-24(29)22(5-2)27(17-18-7-6-8-20(16-18)30-3)23(28)13-15-31-21-11-9-19(25)10-12-21/h6-12,16,22H,4-5,13-15,17H2,1-3H3,(H,26,29). The molecule has 2 aromatic rings. The SMILES string of the molecule is CCCNC(=O)C(CC)N(Cc1cccc(OC)c1)C(=O)CCSc1ccc(Cl)cc1. The molecule has 5 nitrogen and oxygen atoms in total. The van der Waals surface area contributed by atoms with E-state index < -0.39 is 6.04 Å². The van der Waals surface area contributed by atoms with E-state index in [1.807, 2.05) is 62.4 Å². The molecule has 168 valence electrons. The van der Waals surface area contributed by atoms with Crippen LogP contribution in [0.15, 0.2) is 53.4 Å². The van der Waals surface area contributed by atoms with Crippen LogP contribution in [-0.4, -0.2) is 42.2 Å². The van der Waals surface area contributed by atoms with Gasteiger partial charge in [-0.2, -0.15) is 0 Å². The number of nitrogens with one attached hydrogen (secondary N) is 1. The molecule has 0 fully saturated rings. The average Bonchev–Trinajstić information content (AvgIpc) is 2.78. The molecule has 0 radical (unpaired) electrons. The average molecular weight is 463 g/mol. The summed E-state index contributed by atoms with van der Waals surface area (Å²) in [5.74, 6) is 1.21. The van der Waals surface area contributed by atoms with Crippen molar-refractivity contribution in [1.29, 1.82) is 0 Å². The van der Waals surface area contributed by atoms with Crippen molar-refractivity contribution in [2.45, 2.75) is 50.6 Å². The molecule has 0 saturated carbocycles. The lowest BCUT2D eigenvalue weighted by Crippen LogP contribution is -2.49. The largest absolute Gasteiger partial charge is 0.497 e. The molecule has 2 aromatic carbocycles. The maximum atomic E-state index is 13.2. The maximum absolute atomic E-state index is 13.2. The Bertz CT molecular complexity index is 845. The van der Waals surface area contributed by atoms with E-state index in [4.69, 9.17) is 16.3 Å². The van der Waals surface area contributed by atoms with Crippen molar-refractivity contribution in [2.75, 3.05) is 19.4 Å². The summed E-state index contributed by atoms with van der Waals surface area (Å²) in [6.07, 6.45) is 1.74. The Morgan fingerprint density at radius 3 is 2.55 bits per heavy atom. The molecule has 0 aliphatic rings. The van der Waals surface area contributed by atoms with Crippen LogP contribution in [-0.2, 0) is 16.1 Å². The molecule has 0 saturated heterocycles. The number of benzene rings is 2. The number of amides is 2. The number of thioether (sulfide) groups is 1. The fourth-order valence-electron chi connectivity index (χ4n) is 3.18. The van der Waals surface area contributed by atoms with E-state index in [1.54, 1.807) is 23.8 Å². The van der Waals surface area contributed by atoms with Gasteiger partial charge in [0, 0.05) is 35.2 Å².